The van der Waals surface area contributed by atoms with Crippen LogP contribution >= 0.6 is 0 Å². The third-order valence-electron chi connectivity index (χ3n) is 5.15. The van der Waals surface area contributed by atoms with Crippen molar-refractivity contribution < 1.29 is 14.5 Å². The molecule has 0 heterocycles. The van der Waals surface area contributed by atoms with E-state index in [1.165, 1.54) is 18.2 Å². The first-order chi connectivity index (χ1) is 14.8. The maximum absolute atomic E-state index is 12.4. The molecule has 31 heavy (non-hydrogen) atoms. The molecule has 1 atom stereocenters. The van der Waals surface area contributed by atoms with Crippen LogP contribution in [0.25, 0.3) is 10.8 Å². The van der Waals surface area contributed by atoms with Gasteiger partial charge < -0.3 is 15.5 Å². The molecule has 0 fully saturated rings. The summed E-state index contributed by atoms with van der Waals surface area (Å²) in [6.45, 7) is 1.92. The average molecular weight is 420 g/mol. The second-order valence-corrected chi connectivity index (χ2v) is 7.47. The lowest BCUT2D eigenvalue weighted by Gasteiger charge is -2.26. The zero-order chi connectivity index (χ0) is 22.5. The number of nitro groups is 1. The maximum atomic E-state index is 12.4. The number of fused-ring (bicyclic) bond motifs is 1. The van der Waals surface area contributed by atoms with E-state index in [1.54, 1.807) is 6.92 Å². The van der Waals surface area contributed by atoms with E-state index in [4.69, 9.17) is 0 Å². The molecule has 3 rings (SSSR count). The molecule has 0 aromatic heterocycles. The summed E-state index contributed by atoms with van der Waals surface area (Å²) in [4.78, 5) is 37.2. The highest BCUT2D eigenvalue weighted by atomic mass is 16.6. The van der Waals surface area contributed by atoms with Gasteiger partial charge in [0.25, 0.3) is 5.69 Å². The second kappa shape index (κ2) is 9.36. The van der Waals surface area contributed by atoms with Gasteiger partial charge in [-0.15, -0.1) is 0 Å². The minimum absolute atomic E-state index is 0.151. The molecule has 0 aliphatic heterocycles. The van der Waals surface area contributed by atoms with Crippen LogP contribution < -0.4 is 10.6 Å². The number of hydrogen-bond donors (Lipinski definition) is 2. The Morgan fingerprint density at radius 2 is 1.74 bits per heavy atom. The van der Waals surface area contributed by atoms with Crippen LogP contribution in [0.2, 0.25) is 0 Å². The first kappa shape index (κ1) is 21.9. The molecule has 8 heteroatoms. The van der Waals surface area contributed by atoms with Crippen LogP contribution in [0, 0.1) is 17.0 Å². The van der Waals surface area contributed by atoms with E-state index < -0.39 is 16.7 Å². The van der Waals surface area contributed by atoms with Gasteiger partial charge in [-0.05, 0) is 42.9 Å². The quantitative estimate of drug-likeness (QED) is 0.361. The molecule has 8 nitrogen and oxygen atoms in total. The van der Waals surface area contributed by atoms with E-state index >= 15 is 0 Å². The summed E-state index contributed by atoms with van der Waals surface area (Å²) in [5.74, 6) is -1.68. The van der Waals surface area contributed by atoms with Crippen molar-refractivity contribution in [1.29, 1.82) is 0 Å². The minimum atomic E-state index is -0.876. The zero-order valence-corrected chi connectivity index (χ0v) is 17.6. The summed E-state index contributed by atoms with van der Waals surface area (Å²) in [5, 5.41) is 18.3. The molecule has 0 saturated carbocycles. The average Bonchev–Trinajstić information content (AvgIpc) is 2.74. The van der Waals surface area contributed by atoms with Gasteiger partial charge in [-0.1, -0.05) is 48.5 Å². The van der Waals surface area contributed by atoms with Gasteiger partial charge >= 0.3 is 11.8 Å². The molecule has 0 radical (unpaired) electrons. The number of rotatable bonds is 6. The van der Waals surface area contributed by atoms with Crippen molar-refractivity contribution >= 4 is 34.0 Å². The van der Waals surface area contributed by atoms with E-state index in [9.17, 15) is 19.7 Å². The highest BCUT2D eigenvalue weighted by molar-refractivity contribution is 6.39. The number of anilines is 1. The lowest BCUT2D eigenvalue weighted by Crippen LogP contribution is -2.40. The molecule has 0 unspecified atom stereocenters. The van der Waals surface area contributed by atoms with Crippen LogP contribution in [0.3, 0.4) is 0 Å². The molecule has 0 bridgehead atoms. The largest absolute Gasteiger partial charge is 0.346 e. The predicted octanol–water partition coefficient (Wildman–Crippen LogP) is 3.41. The van der Waals surface area contributed by atoms with Gasteiger partial charge in [-0.3, -0.25) is 19.7 Å². The number of nitrogens with one attached hydrogen (secondary N) is 2. The topological polar surface area (TPSA) is 105 Å². The lowest BCUT2D eigenvalue weighted by molar-refractivity contribution is -0.384. The van der Waals surface area contributed by atoms with Gasteiger partial charge in [-0.25, -0.2) is 0 Å². The standard InChI is InChI=1S/C23H24N4O4/c1-15-11-12-17(27(30)31)13-20(15)25-23(29)22(28)24-14-21(26(2)3)19-10-6-8-16-7-4-5-9-18(16)19/h4-13,21H,14H2,1-3H3,(H,24,28)(H,25,29)/t21-/m0/s1. The number of benzene rings is 3. The zero-order valence-electron chi connectivity index (χ0n) is 17.6. The monoisotopic (exact) mass is 420 g/mol. The van der Waals surface area contributed by atoms with Crippen molar-refractivity contribution in [2.24, 2.45) is 0 Å². The fourth-order valence-electron chi connectivity index (χ4n) is 3.42. The van der Waals surface area contributed by atoms with Gasteiger partial charge in [-0.2, -0.15) is 0 Å². The number of nitrogens with zero attached hydrogens (tertiary/aromatic N) is 2. The second-order valence-electron chi connectivity index (χ2n) is 7.47. The van der Waals surface area contributed by atoms with Gasteiger partial charge in [0.05, 0.1) is 16.7 Å². The maximum Gasteiger partial charge on any atom is 0.313 e. The lowest BCUT2D eigenvalue weighted by atomic mass is 9.98. The fourth-order valence-corrected chi connectivity index (χ4v) is 3.42. The van der Waals surface area contributed by atoms with Crippen molar-refractivity contribution in [3.8, 4) is 0 Å². The van der Waals surface area contributed by atoms with Crippen molar-refractivity contribution in [1.82, 2.24) is 10.2 Å². The van der Waals surface area contributed by atoms with Gasteiger partial charge in [0.1, 0.15) is 0 Å². The molecule has 3 aromatic rings. The van der Waals surface area contributed by atoms with Crippen LogP contribution in [0.1, 0.15) is 17.2 Å². The molecule has 0 spiro atoms. The SMILES string of the molecule is Cc1ccc([N+](=O)[O-])cc1NC(=O)C(=O)NC[C@@H](c1cccc2ccccc12)N(C)C. The summed E-state index contributed by atoms with van der Waals surface area (Å²) in [6.07, 6.45) is 0. The Labute approximate surface area is 180 Å². The first-order valence-corrected chi connectivity index (χ1v) is 9.76. The number of likely N-dealkylation sites (N-methyl/N-ethyl adjacent to an activating group) is 1. The van der Waals surface area contributed by atoms with E-state index in [0.29, 0.717) is 5.56 Å². The Morgan fingerprint density at radius 1 is 1.03 bits per heavy atom. The number of aryl methyl sites for hydroxylation is 1. The molecule has 0 saturated heterocycles. The highest BCUT2D eigenvalue weighted by Crippen LogP contribution is 2.27. The van der Waals surface area contributed by atoms with Crippen molar-refractivity contribution in [2.75, 3.05) is 26.0 Å². The van der Waals surface area contributed by atoms with Gasteiger partial charge in [0.15, 0.2) is 0 Å². The Hall–Kier alpha value is -3.78. The number of non-ortho nitro benzene ring substituents is 1. The van der Waals surface area contributed by atoms with Crippen LogP contribution in [0.15, 0.2) is 60.7 Å². The third-order valence-corrected chi connectivity index (χ3v) is 5.15. The molecule has 2 amide bonds. The molecule has 2 N–H and O–H groups in total. The van der Waals surface area contributed by atoms with Crippen molar-refractivity contribution in [2.45, 2.75) is 13.0 Å². The van der Waals surface area contributed by atoms with E-state index in [2.05, 4.69) is 10.6 Å². The number of carbonyl (C=O) groups is 2. The van der Waals surface area contributed by atoms with Crippen LogP contribution in [0.5, 0.6) is 0 Å². The number of hydrogen-bond acceptors (Lipinski definition) is 5. The summed E-state index contributed by atoms with van der Waals surface area (Å²) in [6, 6.07) is 17.9. The Morgan fingerprint density at radius 3 is 2.45 bits per heavy atom. The van der Waals surface area contributed by atoms with E-state index in [0.717, 1.165) is 16.3 Å². The summed E-state index contributed by atoms with van der Waals surface area (Å²) in [5.41, 5.74) is 1.73. The van der Waals surface area contributed by atoms with E-state index in [1.807, 2.05) is 61.5 Å². The molecule has 0 aliphatic rings. The molecule has 0 aliphatic carbocycles. The smallest absolute Gasteiger partial charge is 0.313 e. The van der Waals surface area contributed by atoms with Crippen molar-refractivity contribution in [3.63, 3.8) is 0 Å². The number of nitro benzene ring substituents is 1. The van der Waals surface area contributed by atoms with Gasteiger partial charge in [0, 0.05) is 18.7 Å². The van der Waals surface area contributed by atoms with Crippen molar-refractivity contribution in [3.05, 3.63) is 81.9 Å². The summed E-state index contributed by atoms with van der Waals surface area (Å²) >= 11 is 0. The third kappa shape index (κ3) is 5.04. The van der Waals surface area contributed by atoms with Crippen LogP contribution in [0.4, 0.5) is 11.4 Å². The van der Waals surface area contributed by atoms with Crippen LogP contribution in [-0.2, 0) is 9.59 Å². The van der Waals surface area contributed by atoms with E-state index in [-0.39, 0.29) is 24.0 Å². The summed E-state index contributed by atoms with van der Waals surface area (Å²) < 4.78 is 0. The minimum Gasteiger partial charge on any atom is -0.346 e. The van der Waals surface area contributed by atoms with Crippen LogP contribution in [-0.4, -0.2) is 42.3 Å². The molecular formula is C23H24N4O4. The molecular weight excluding hydrogens is 396 g/mol. The molecule has 160 valence electrons. The highest BCUT2D eigenvalue weighted by Gasteiger charge is 2.21. The Balaban J connectivity index is 1.73. The Kier molecular flexibility index (Phi) is 6.61. The first-order valence-electron chi connectivity index (χ1n) is 9.76. The van der Waals surface area contributed by atoms with Gasteiger partial charge in [0.2, 0.25) is 0 Å². The predicted molar refractivity (Wildman–Crippen MR) is 120 cm³/mol. The number of amides is 2. The number of carbonyl (C=O) groups excluding carboxylic acids is 2. The molecule has 3 aromatic carbocycles. The summed E-state index contributed by atoms with van der Waals surface area (Å²) in [7, 11) is 3.82. The normalized spacial score (nSPS) is 11.9. The fraction of sp³-hybridized carbons (Fsp3) is 0.217. The Bertz CT molecular complexity index is 1140.